The quantitative estimate of drug-likeness (QED) is 0.707. The van der Waals surface area contributed by atoms with E-state index in [0.29, 0.717) is 0 Å². The molecular formula is C11H23NO2. The van der Waals surface area contributed by atoms with Crippen molar-refractivity contribution in [3.63, 3.8) is 0 Å². The summed E-state index contributed by atoms with van der Waals surface area (Å²) >= 11 is 0. The van der Waals surface area contributed by atoms with Gasteiger partial charge in [-0.25, -0.2) is 0 Å². The maximum Gasteiger partial charge on any atom is 0.0687 e. The van der Waals surface area contributed by atoms with Gasteiger partial charge in [-0.3, -0.25) is 0 Å². The number of nitrogens with zero attached hydrogens (tertiary/aromatic N) is 1. The number of hydroxylamine groups is 2. The average Bonchev–Trinajstić information content (AvgIpc) is 1.99. The van der Waals surface area contributed by atoms with Crippen LogP contribution in [-0.2, 0) is 4.74 Å². The third-order valence-corrected chi connectivity index (χ3v) is 3.25. The van der Waals surface area contributed by atoms with E-state index in [-0.39, 0.29) is 16.7 Å². The molecule has 0 bridgehead atoms. The maximum absolute atomic E-state index is 10.1. The van der Waals surface area contributed by atoms with Crippen molar-refractivity contribution in [3.05, 3.63) is 0 Å². The Hall–Kier alpha value is -0.120. The molecule has 0 spiro atoms. The summed E-state index contributed by atoms with van der Waals surface area (Å²) in [5, 5.41) is 11.5. The first-order chi connectivity index (χ1) is 6.13. The van der Waals surface area contributed by atoms with Crippen molar-refractivity contribution in [2.24, 2.45) is 0 Å². The third-order valence-electron chi connectivity index (χ3n) is 3.25. The first-order valence-electron chi connectivity index (χ1n) is 5.17. The van der Waals surface area contributed by atoms with E-state index < -0.39 is 0 Å². The first kappa shape index (κ1) is 12.0. The SMILES string of the molecule is COC1(C)CC(C)(C)N(O)C(C)(C)C1. The molecule has 84 valence electrons. The van der Waals surface area contributed by atoms with E-state index in [9.17, 15) is 5.21 Å². The van der Waals surface area contributed by atoms with E-state index >= 15 is 0 Å². The van der Waals surface area contributed by atoms with Crippen LogP contribution >= 0.6 is 0 Å². The molecule has 0 atom stereocenters. The number of ether oxygens (including phenoxy) is 1. The molecule has 1 aliphatic heterocycles. The number of hydrogen-bond acceptors (Lipinski definition) is 3. The lowest BCUT2D eigenvalue weighted by Gasteiger charge is -2.55. The summed E-state index contributed by atoms with van der Waals surface area (Å²) in [6.45, 7) is 10.3. The van der Waals surface area contributed by atoms with Crippen LogP contribution in [0.1, 0.15) is 47.5 Å². The molecule has 0 saturated carbocycles. The highest BCUT2D eigenvalue weighted by Crippen LogP contribution is 2.43. The Morgan fingerprint density at radius 2 is 1.36 bits per heavy atom. The highest BCUT2D eigenvalue weighted by atomic mass is 16.5. The smallest absolute Gasteiger partial charge is 0.0687 e. The van der Waals surface area contributed by atoms with Crippen molar-refractivity contribution in [3.8, 4) is 0 Å². The monoisotopic (exact) mass is 201 g/mol. The summed E-state index contributed by atoms with van der Waals surface area (Å²) in [6, 6.07) is 0. The van der Waals surface area contributed by atoms with Gasteiger partial charge in [-0.2, -0.15) is 5.06 Å². The van der Waals surface area contributed by atoms with Gasteiger partial charge in [0.15, 0.2) is 0 Å². The van der Waals surface area contributed by atoms with Crippen LogP contribution in [0.15, 0.2) is 0 Å². The van der Waals surface area contributed by atoms with Crippen LogP contribution in [0.2, 0.25) is 0 Å². The molecule has 0 unspecified atom stereocenters. The summed E-state index contributed by atoms with van der Waals surface area (Å²) in [7, 11) is 1.75. The van der Waals surface area contributed by atoms with Crippen LogP contribution in [0.5, 0.6) is 0 Å². The van der Waals surface area contributed by atoms with Gasteiger partial charge >= 0.3 is 0 Å². The fourth-order valence-electron chi connectivity index (χ4n) is 3.01. The normalized spacial score (nSPS) is 30.2. The predicted molar refractivity (Wildman–Crippen MR) is 56.4 cm³/mol. The fourth-order valence-corrected chi connectivity index (χ4v) is 3.01. The van der Waals surface area contributed by atoms with Gasteiger partial charge < -0.3 is 9.94 Å². The minimum absolute atomic E-state index is 0.133. The Kier molecular flexibility index (Phi) is 2.72. The van der Waals surface area contributed by atoms with E-state index in [1.54, 1.807) is 7.11 Å². The zero-order chi connectivity index (χ0) is 11.2. The lowest BCUT2D eigenvalue weighted by Crippen LogP contribution is -2.63. The Morgan fingerprint density at radius 3 is 1.64 bits per heavy atom. The lowest BCUT2D eigenvalue weighted by molar-refractivity contribution is -0.275. The van der Waals surface area contributed by atoms with Crippen LogP contribution in [0.4, 0.5) is 0 Å². The first-order valence-corrected chi connectivity index (χ1v) is 5.17. The van der Waals surface area contributed by atoms with Gasteiger partial charge in [-0.15, -0.1) is 0 Å². The van der Waals surface area contributed by atoms with Crippen LogP contribution in [0, 0.1) is 0 Å². The zero-order valence-corrected chi connectivity index (χ0v) is 10.2. The summed E-state index contributed by atoms with van der Waals surface area (Å²) < 4.78 is 5.56. The van der Waals surface area contributed by atoms with Crippen molar-refractivity contribution in [2.75, 3.05) is 7.11 Å². The van der Waals surface area contributed by atoms with E-state index in [1.807, 2.05) is 27.7 Å². The second-order valence-electron chi connectivity index (χ2n) is 5.94. The molecule has 0 aliphatic carbocycles. The van der Waals surface area contributed by atoms with Crippen molar-refractivity contribution in [2.45, 2.75) is 64.1 Å². The van der Waals surface area contributed by atoms with Gasteiger partial charge in [0, 0.05) is 18.2 Å². The predicted octanol–water partition coefficient (Wildman–Crippen LogP) is 2.43. The Balaban J connectivity index is 2.97. The molecular weight excluding hydrogens is 178 g/mol. The van der Waals surface area contributed by atoms with Crippen molar-refractivity contribution >= 4 is 0 Å². The van der Waals surface area contributed by atoms with Crippen molar-refractivity contribution in [1.29, 1.82) is 0 Å². The highest BCUT2D eigenvalue weighted by Gasteiger charge is 2.50. The number of methoxy groups -OCH3 is 1. The van der Waals surface area contributed by atoms with Crippen molar-refractivity contribution in [1.82, 2.24) is 5.06 Å². The second-order valence-corrected chi connectivity index (χ2v) is 5.94. The van der Waals surface area contributed by atoms with Gasteiger partial charge in [0.25, 0.3) is 0 Å². The molecule has 0 aromatic heterocycles. The minimum atomic E-state index is -0.230. The number of hydrogen-bond donors (Lipinski definition) is 1. The van der Waals surface area contributed by atoms with Crippen LogP contribution < -0.4 is 0 Å². The van der Waals surface area contributed by atoms with Crippen molar-refractivity contribution < 1.29 is 9.94 Å². The molecule has 1 heterocycles. The molecule has 1 rings (SSSR count). The molecule has 0 radical (unpaired) electrons. The van der Waals surface area contributed by atoms with E-state index in [4.69, 9.17) is 4.74 Å². The summed E-state index contributed by atoms with van der Waals surface area (Å²) in [4.78, 5) is 0. The Labute approximate surface area is 87.0 Å². The maximum atomic E-state index is 10.1. The molecule has 1 fully saturated rings. The zero-order valence-electron chi connectivity index (χ0n) is 10.2. The van der Waals surface area contributed by atoms with Gasteiger partial charge in [0.1, 0.15) is 0 Å². The number of rotatable bonds is 1. The molecule has 3 heteroatoms. The second kappa shape index (κ2) is 3.19. The molecule has 14 heavy (non-hydrogen) atoms. The summed E-state index contributed by atoms with van der Waals surface area (Å²) in [5.74, 6) is 0. The van der Waals surface area contributed by atoms with Gasteiger partial charge in [-0.05, 0) is 47.5 Å². The van der Waals surface area contributed by atoms with Crippen LogP contribution in [0.3, 0.4) is 0 Å². The highest BCUT2D eigenvalue weighted by molar-refractivity contribution is 5.02. The third kappa shape index (κ3) is 1.95. The summed E-state index contributed by atoms with van der Waals surface area (Å²) in [6.07, 6.45) is 1.69. The van der Waals surface area contributed by atoms with Gasteiger partial charge in [0.05, 0.1) is 5.60 Å². The molecule has 1 saturated heterocycles. The topological polar surface area (TPSA) is 32.7 Å². The van der Waals surface area contributed by atoms with Crippen LogP contribution in [0.25, 0.3) is 0 Å². The van der Waals surface area contributed by atoms with Gasteiger partial charge in [-0.1, -0.05) is 0 Å². The molecule has 0 amide bonds. The minimum Gasteiger partial charge on any atom is -0.378 e. The molecule has 3 nitrogen and oxygen atoms in total. The average molecular weight is 201 g/mol. The standard InChI is InChI=1S/C11H23NO2/c1-9(2)7-11(5,14-6)8-10(3,4)12(9)13/h13H,7-8H2,1-6H3. The number of piperidine rings is 1. The molecule has 1 N–H and O–H groups in total. The lowest BCUT2D eigenvalue weighted by atomic mass is 9.73. The van der Waals surface area contributed by atoms with Gasteiger partial charge in [0.2, 0.25) is 0 Å². The summed E-state index contributed by atoms with van der Waals surface area (Å²) in [5.41, 5.74) is -0.592. The van der Waals surface area contributed by atoms with Crippen LogP contribution in [-0.4, -0.2) is 34.1 Å². The molecule has 0 aromatic carbocycles. The Bertz CT molecular complexity index is 200. The molecule has 0 aromatic rings. The fraction of sp³-hybridized carbons (Fsp3) is 1.00. The Morgan fingerprint density at radius 1 is 1.00 bits per heavy atom. The largest absolute Gasteiger partial charge is 0.378 e. The van der Waals surface area contributed by atoms with E-state index in [1.165, 1.54) is 5.06 Å². The van der Waals surface area contributed by atoms with E-state index in [2.05, 4.69) is 6.92 Å². The van der Waals surface area contributed by atoms with E-state index in [0.717, 1.165) is 12.8 Å². The molecule has 1 aliphatic rings.